The summed E-state index contributed by atoms with van der Waals surface area (Å²) in [5.41, 5.74) is 0.0779. The van der Waals surface area contributed by atoms with E-state index in [0.29, 0.717) is 21.1 Å². The topological polar surface area (TPSA) is 83.9 Å². The number of rotatable bonds is 7. The summed E-state index contributed by atoms with van der Waals surface area (Å²) in [6.45, 7) is 9.31. The average molecular weight is 424 g/mol. The summed E-state index contributed by atoms with van der Waals surface area (Å²) in [6.07, 6.45) is 1.81. The lowest BCUT2D eigenvalue weighted by molar-refractivity contribution is 0.289. The van der Waals surface area contributed by atoms with Gasteiger partial charge in [-0.3, -0.25) is 9.78 Å². The Morgan fingerprint density at radius 1 is 1.14 bits per heavy atom. The number of benzene rings is 1. The van der Waals surface area contributed by atoms with Crippen LogP contribution < -0.4 is 11.2 Å². The maximum atomic E-state index is 12.3. The number of hydrogen-bond acceptors (Lipinski definition) is 5. The molecule has 9 heteroatoms. The summed E-state index contributed by atoms with van der Waals surface area (Å²) in [7, 11) is 0. The standard InChI is InChI=1S/C19H23Cl2N5O2/c1-4-25(5-2)8-6-7-11(3)26-15-10-13(21)12(20)9-14(15)22-16-17(26)23-19(28)24-18(16)27/h9-11H,4-8H2,1-3H3,(H,24,27,28). The van der Waals surface area contributed by atoms with Gasteiger partial charge in [0.1, 0.15) is 0 Å². The van der Waals surface area contributed by atoms with Gasteiger partial charge in [-0.2, -0.15) is 4.98 Å². The van der Waals surface area contributed by atoms with Crippen molar-refractivity contribution in [2.24, 2.45) is 0 Å². The Hall–Kier alpha value is -1.96. The van der Waals surface area contributed by atoms with Crippen molar-refractivity contribution < 1.29 is 0 Å². The number of aromatic amines is 1. The predicted molar refractivity (Wildman–Crippen MR) is 113 cm³/mol. The van der Waals surface area contributed by atoms with Crippen molar-refractivity contribution in [3.8, 4) is 11.5 Å². The van der Waals surface area contributed by atoms with Gasteiger partial charge in [0.2, 0.25) is 0 Å². The normalized spacial score (nSPS) is 12.9. The molecule has 3 rings (SSSR count). The molecule has 7 nitrogen and oxygen atoms in total. The van der Waals surface area contributed by atoms with Gasteiger partial charge in [0.25, 0.3) is 5.56 Å². The Morgan fingerprint density at radius 3 is 2.50 bits per heavy atom. The van der Waals surface area contributed by atoms with Crippen molar-refractivity contribution in [1.29, 1.82) is 0 Å². The van der Waals surface area contributed by atoms with Crippen LogP contribution in [0.3, 0.4) is 0 Å². The van der Waals surface area contributed by atoms with Crippen LogP contribution >= 0.6 is 23.2 Å². The van der Waals surface area contributed by atoms with Crippen molar-refractivity contribution in [3.63, 3.8) is 0 Å². The maximum Gasteiger partial charge on any atom is 0.349 e. The van der Waals surface area contributed by atoms with Gasteiger partial charge in [0, 0.05) is 6.04 Å². The highest BCUT2D eigenvalue weighted by molar-refractivity contribution is 6.42. The van der Waals surface area contributed by atoms with Gasteiger partial charge in [-0.05, 0) is 51.5 Å². The number of halogens is 2. The van der Waals surface area contributed by atoms with Crippen LogP contribution in [0.5, 0.6) is 0 Å². The van der Waals surface area contributed by atoms with E-state index in [2.05, 4.69) is 33.7 Å². The summed E-state index contributed by atoms with van der Waals surface area (Å²) in [4.78, 5) is 37.1. The largest absolute Gasteiger partial charge is 0.349 e. The molecule has 0 aromatic heterocycles. The summed E-state index contributed by atoms with van der Waals surface area (Å²) >= 11 is 12.4. The smallest absolute Gasteiger partial charge is 0.319 e. The zero-order chi connectivity index (χ0) is 20.4. The van der Waals surface area contributed by atoms with Crippen LogP contribution in [0.4, 0.5) is 0 Å². The van der Waals surface area contributed by atoms with Crippen LogP contribution in [0.15, 0.2) is 21.7 Å². The summed E-state index contributed by atoms with van der Waals surface area (Å²) in [5.74, 6) is 0.259. The summed E-state index contributed by atoms with van der Waals surface area (Å²) in [6, 6.07) is 3.32. The van der Waals surface area contributed by atoms with Gasteiger partial charge in [-0.1, -0.05) is 37.0 Å². The van der Waals surface area contributed by atoms with E-state index in [1.165, 1.54) is 0 Å². The number of aromatic nitrogens is 4. The molecular formula is C19H23Cl2N5O2. The second-order valence-electron chi connectivity index (χ2n) is 6.80. The number of nitrogens with zero attached hydrogens (tertiary/aromatic N) is 4. The molecule has 0 radical (unpaired) electrons. The molecule has 28 heavy (non-hydrogen) atoms. The van der Waals surface area contributed by atoms with E-state index >= 15 is 0 Å². The first-order valence-electron chi connectivity index (χ1n) is 9.39. The molecule has 1 aromatic carbocycles. The number of fused-ring (bicyclic) bond motifs is 2. The fourth-order valence-electron chi connectivity index (χ4n) is 3.47. The van der Waals surface area contributed by atoms with Crippen molar-refractivity contribution in [2.45, 2.75) is 39.7 Å². The third kappa shape index (κ3) is 4.06. The molecule has 1 atom stereocenters. The average Bonchev–Trinajstić information content (AvgIpc) is 2.65. The molecule has 2 aliphatic heterocycles. The van der Waals surface area contributed by atoms with E-state index in [4.69, 9.17) is 23.2 Å². The molecule has 0 spiro atoms. The fraction of sp³-hybridized carbons (Fsp3) is 0.474. The highest BCUT2D eigenvalue weighted by Crippen LogP contribution is 2.32. The van der Waals surface area contributed by atoms with Crippen LogP contribution in [-0.2, 0) is 0 Å². The molecule has 1 aromatic rings. The molecule has 2 heterocycles. The minimum atomic E-state index is -0.692. The fourth-order valence-corrected chi connectivity index (χ4v) is 3.79. The molecule has 1 unspecified atom stereocenters. The molecule has 0 aliphatic carbocycles. The zero-order valence-electron chi connectivity index (χ0n) is 16.1. The van der Waals surface area contributed by atoms with E-state index < -0.39 is 11.2 Å². The van der Waals surface area contributed by atoms with Gasteiger partial charge < -0.3 is 9.47 Å². The van der Waals surface area contributed by atoms with Crippen molar-refractivity contribution >= 4 is 34.2 Å². The molecule has 2 aliphatic rings. The van der Waals surface area contributed by atoms with E-state index in [-0.39, 0.29) is 17.6 Å². The van der Waals surface area contributed by atoms with Gasteiger partial charge in [0.15, 0.2) is 11.5 Å². The second kappa shape index (κ2) is 8.59. The zero-order valence-corrected chi connectivity index (χ0v) is 17.6. The van der Waals surface area contributed by atoms with Crippen molar-refractivity contribution in [1.82, 2.24) is 24.4 Å². The van der Waals surface area contributed by atoms with E-state index in [1.54, 1.807) is 12.1 Å². The molecule has 0 fully saturated rings. The number of nitrogens with one attached hydrogen (secondary N) is 1. The lowest BCUT2D eigenvalue weighted by Gasteiger charge is -2.24. The Morgan fingerprint density at radius 2 is 1.82 bits per heavy atom. The Kier molecular flexibility index (Phi) is 6.37. The van der Waals surface area contributed by atoms with E-state index in [9.17, 15) is 9.59 Å². The van der Waals surface area contributed by atoms with Crippen LogP contribution in [0.1, 0.15) is 39.7 Å². The molecule has 0 bridgehead atoms. The Bertz CT molecular complexity index is 1070. The minimum Gasteiger partial charge on any atom is -0.319 e. The SMILES string of the molecule is CCN(CC)CCCC(C)n1c2nc(=O)[nH]c(=O)c-2nc2cc(Cl)c(Cl)cc21. The first kappa shape index (κ1) is 20.8. The van der Waals surface area contributed by atoms with E-state index in [1.807, 2.05) is 11.5 Å². The van der Waals surface area contributed by atoms with Crippen molar-refractivity contribution in [2.75, 3.05) is 19.6 Å². The van der Waals surface area contributed by atoms with Crippen LogP contribution in [0.2, 0.25) is 10.0 Å². The Labute approximate surface area is 172 Å². The summed E-state index contributed by atoms with van der Waals surface area (Å²) < 4.78 is 1.87. The second-order valence-corrected chi connectivity index (χ2v) is 7.61. The molecule has 0 amide bonds. The highest BCUT2D eigenvalue weighted by atomic mass is 35.5. The first-order chi connectivity index (χ1) is 13.3. The lowest BCUT2D eigenvalue weighted by Crippen LogP contribution is -2.30. The molecule has 1 N–H and O–H groups in total. The van der Waals surface area contributed by atoms with Crippen LogP contribution in [0.25, 0.3) is 22.6 Å². The third-order valence-electron chi connectivity index (χ3n) is 5.02. The van der Waals surface area contributed by atoms with Gasteiger partial charge in [-0.15, -0.1) is 0 Å². The molecule has 0 saturated carbocycles. The van der Waals surface area contributed by atoms with Crippen molar-refractivity contribution in [3.05, 3.63) is 43.0 Å². The maximum absolute atomic E-state index is 12.3. The molecular weight excluding hydrogens is 401 g/mol. The number of H-pyrrole nitrogens is 1. The predicted octanol–water partition coefficient (Wildman–Crippen LogP) is 3.57. The van der Waals surface area contributed by atoms with Crippen LogP contribution in [-0.4, -0.2) is 44.1 Å². The minimum absolute atomic E-state index is 0.0190. The lowest BCUT2D eigenvalue weighted by atomic mass is 10.1. The molecule has 150 valence electrons. The van der Waals surface area contributed by atoms with Gasteiger partial charge in [0.05, 0.1) is 21.1 Å². The monoisotopic (exact) mass is 423 g/mol. The highest BCUT2D eigenvalue weighted by Gasteiger charge is 2.22. The third-order valence-corrected chi connectivity index (χ3v) is 5.75. The van der Waals surface area contributed by atoms with E-state index in [0.717, 1.165) is 32.5 Å². The number of hydrogen-bond donors (Lipinski definition) is 1. The summed E-state index contributed by atoms with van der Waals surface area (Å²) in [5, 5.41) is 0.734. The quantitative estimate of drug-likeness (QED) is 0.587. The van der Waals surface area contributed by atoms with Gasteiger partial charge in [-0.25, -0.2) is 9.78 Å². The molecule has 0 saturated heterocycles. The first-order valence-corrected chi connectivity index (χ1v) is 10.1. The Balaban J connectivity index is 2.13. The van der Waals surface area contributed by atoms with Crippen LogP contribution in [0, 0.1) is 0 Å². The van der Waals surface area contributed by atoms with Gasteiger partial charge >= 0.3 is 5.69 Å².